The summed E-state index contributed by atoms with van der Waals surface area (Å²) in [6, 6.07) is 23.4. The predicted molar refractivity (Wildman–Crippen MR) is 114 cm³/mol. The molecule has 3 aromatic carbocycles. The van der Waals surface area contributed by atoms with Crippen LogP contribution in [0.3, 0.4) is 0 Å². The molecule has 29 heavy (non-hydrogen) atoms. The second-order valence-corrected chi connectivity index (χ2v) is 9.75. The van der Waals surface area contributed by atoms with Gasteiger partial charge in [0.2, 0.25) is 0 Å². The van der Waals surface area contributed by atoms with Gasteiger partial charge in [0, 0.05) is 5.56 Å². The quantitative estimate of drug-likeness (QED) is 0.392. The maximum absolute atomic E-state index is 12.5. The molecule has 6 heteroatoms. The molecule has 0 N–H and O–H groups in total. The van der Waals surface area contributed by atoms with Crippen molar-refractivity contribution < 1.29 is 17.9 Å². The third-order valence-electron chi connectivity index (χ3n) is 4.48. The molecule has 3 rings (SSSR count). The van der Waals surface area contributed by atoms with Crippen LogP contribution < -0.4 is 0 Å². The lowest BCUT2D eigenvalue weighted by atomic mass is 10.0. The molecular formula is C23H21ClO4S. The summed E-state index contributed by atoms with van der Waals surface area (Å²) in [5, 5.41) is 0. The lowest BCUT2D eigenvalue weighted by molar-refractivity contribution is -0.144. The lowest BCUT2D eigenvalue weighted by Crippen LogP contribution is -2.12. The van der Waals surface area contributed by atoms with Crippen LogP contribution in [0.15, 0.2) is 83.8 Å². The summed E-state index contributed by atoms with van der Waals surface area (Å²) in [4.78, 5) is 12.3. The molecule has 0 saturated carbocycles. The minimum absolute atomic E-state index is 0.145. The van der Waals surface area contributed by atoms with E-state index in [1.165, 1.54) is 6.92 Å². The van der Waals surface area contributed by atoms with E-state index < -0.39 is 14.5 Å². The maximum Gasteiger partial charge on any atom is 0.310 e. The van der Waals surface area contributed by atoms with Crippen LogP contribution in [0.1, 0.15) is 18.1 Å². The first kappa shape index (κ1) is 21.1. The summed E-state index contributed by atoms with van der Waals surface area (Å²) < 4.78 is 29.3. The first-order valence-electron chi connectivity index (χ1n) is 9.14. The molecule has 4 nitrogen and oxygen atoms in total. The Hall–Kier alpha value is -2.63. The van der Waals surface area contributed by atoms with Crippen LogP contribution in [0.5, 0.6) is 0 Å². The van der Waals surface area contributed by atoms with Crippen molar-refractivity contribution >= 4 is 27.4 Å². The second-order valence-electron chi connectivity index (χ2n) is 6.60. The van der Waals surface area contributed by atoms with Crippen molar-refractivity contribution in [2.75, 3.05) is 0 Å². The average Bonchev–Trinajstić information content (AvgIpc) is 2.73. The van der Waals surface area contributed by atoms with Crippen LogP contribution in [0.25, 0.3) is 11.1 Å². The molecule has 0 aliphatic rings. The van der Waals surface area contributed by atoms with Gasteiger partial charge in [-0.25, -0.2) is 8.42 Å². The molecule has 0 fully saturated rings. The fourth-order valence-electron chi connectivity index (χ4n) is 2.89. The van der Waals surface area contributed by atoms with Crippen LogP contribution in [0, 0.1) is 0 Å². The highest BCUT2D eigenvalue weighted by Crippen LogP contribution is 2.30. The van der Waals surface area contributed by atoms with E-state index in [1.54, 1.807) is 48.5 Å². The molecule has 0 radical (unpaired) electrons. The average molecular weight is 429 g/mol. The number of ether oxygens (including phenoxy) is 1. The maximum atomic E-state index is 12.5. The van der Waals surface area contributed by atoms with E-state index in [4.69, 9.17) is 16.3 Å². The molecule has 1 unspecified atom stereocenters. The van der Waals surface area contributed by atoms with E-state index in [2.05, 4.69) is 0 Å². The zero-order valence-electron chi connectivity index (χ0n) is 15.9. The largest absolute Gasteiger partial charge is 0.461 e. The van der Waals surface area contributed by atoms with E-state index in [1.807, 2.05) is 30.3 Å². The van der Waals surface area contributed by atoms with Crippen molar-refractivity contribution in [1.82, 2.24) is 0 Å². The van der Waals surface area contributed by atoms with Crippen molar-refractivity contribution in [3.8, 4) is 11.1 Å². The Morgan fingerprint density at radius 1 is 0.897 bits per heavy atom. The van der Waals surface area contributed by atoms with Crippen LogP contribution in [0.2, 0.25) is 0 Å². The number of halogens is 1. The smallest absolute Gasteiger partial charge is 0.310 e. The predicted octanol–water partition coefficient (Wildman–Crippen LogP) is 5.00. The van der Waals surface area contributed by atoms with Crippen molar-refractivity contribution in [3.63, 3.8) is 0 Å². The van der Waals surface area contributed by atoms with E-state index in [0.29, 0.717) is 5.56 Å². The molecule has 0 bridgehead atoms. The van der Waals surface area contributed by atoms with Crippen LogP contribution in [-0.4, -0.2) is 19.1 Å². The lowest BCUT2D eigenvalue weighted by Gasteiger charge is -2.12. The first-order valence-corrected chi connectivity index (χ1v) is 11.1. The minimum Gasteiger partial charge on any atom is -0.461 e. The Kier molecular flexibility index (Phi) is 6.72. The normalized spacial score (nSPS) is 12.3. The number of sulfone groups is 1. The molecule has 0 spiro atoms. The van der Waals surface area contributed by atoms with Crippen molar-refractivity contribution in [2.24, 2.45) is 0 Å². The number of benzene rings is 3. The summed E-state index contributed by atoms with van der Waals surface area (Å²) in [5.41, 5.74) is 3.04. The molecule has 150 valence electrons. The third kappa shape index (κ3) is 5.25. The van der Waals surface area contributed by atoms with Crippen molar-refractivity contribution in [2.45, 2.75) is 29.6 Å². The Bertz CT molecular complexity index is 1080. The Labute approximate surface area is 176 Å². The van der Waals surface area contributed by atoms with Gasteiger partial charge in [-0.2, -0.15) is 0 Å². The van der Waals surface area contributed by atoms with Crippen molar-refractivity contribution in [1.29, 1.82) is 0 Å². The Morgan fingerprint density at radius 3 is 2.17 bits per heavy atom. The van der Waals surface area contributed by atoms with E-state index in [0.717, 1.165) is 16.7 Å². The number of carbonyl (C=O) groups excluding carboxylic acids is 1. The standard InChI is InChI=1S/C23H21ClO4S/c1-17(24)29(26,27)22-10-6-5-9-21(22)20-13-11-18(12-14-20)15-23(25)28-16-19-7-3-2-4-8-19/h2-14,17H,15-16H2,1H3. The number of rotatable bonds is 7. The first-order chi connectivity index (χ1) is 13.9. The molecular weight excluding hydrogens is 408 g/mol. The van der Waals surface area contributed by atoms with Gasteiger partial charge in [0.25, 0.3) is 0 Å². The van der Waals surface area contributed by atoms with E-state index in [9.17, 15) is 13.2 Å². The highest BCUT2D eigenvalue weighted by molar-refractivity contribution is 7.93. The molecule has 0 heterocycles. The highest BCUT2D eigenvalue weighted by Gasteiger charge is 2.24. The number of hydrogen-bond donors (Lipinski definition) is 0. The van der Waals surface area contributed by atoms with Gasteiger partial charge < -0.3 is 4.74 Å². The van der Waals surface area contributed by atoms with Gasteiger partial charge in [-0.05, 0) is 29.7 Å². The number of alkyl halides is 1. The fraction of sp³-hybridized carbons (Fsp3) is 0.174. The van der Waals surface area contributed by atoms with E-state index in [-0.39, 0.29) is 23.9 Å². The summed E-state index contributed by atoms with van der Waals surface area (Å²) in [6.07, 6.45) is 0.145. The number of esters is 1. The molecule has 0 aliphatic heterocycles. The third-order valence-corrected chi connectivity index (χ3v) is 7.01. The van der Waals surface area contributed by atoms with Crippen molar-refractivity contribution in [3.05, 3.63) is 90.0 Å². The Morgan fingerprint density at radius 2 is 1.52 bits per heavy atom. The molecule has 3 aromatic rings. The van der Waals surface area contributed by atoms with Crippen LogP contribution in [-0.2, 0) is 32.4 Å². The molecule has 0 amide bonds. The van der Waals surface area contributed by atoms with Gasteiger partial charge >= 0.3 is 5.97 Å². The van der Waals surface area contributed by atoms with E-state index >= 15 is 0 Å². The van der Waals surface area contributed by atoms with Gasteiger partial charge in [-0.1, -0.05) is 72.8 Å². The van der Waals surface area contributed by atoms with Crippen LogP contribution in [0.4, 0.5) is 0 Å². The van der Waals surface area contributed by atoms with Gasteiger partial charge in [-0.3, -0.25) is 4.79 Å². The number of hydrogen-bond acceptors (Lipinski definition) is 4. The molecule has 0 aromatic heterocycles. The molecule has 0 aliphatic carbocycles. The second kappa shape index (κ2) is 9.25. The fourth-order valence-corrected chi connectivity index (χ4v) is 4.28. The minimum atomic E-state index is -3.63. The van der Waals surface area contributed by atoms with Gasteiger partial charge in [0.05, 0.1) is 11.3 Å². The Balaban J connectivity index is 1.72. The number of carbonyl (C=O) groups is 1. The summed E-state index contributed by atoms with van der Waals surface area (Å²) in [5.74, 6) is -0.319. The van der Waals surface area contributed by atoms with Gasteiger partial charge in [-0.15, -0.1) is 11.6 Å². The zero-order chi connectivity index (χ0) is 20.9. The van der Waals surface area contributed by atoms with Crippen LogP contribution >= 0.6 is 11.6 Å². The summed E-state index contributed by atoms with van der Waals surface area (Å²) in [7, 11) is -3.63. The summed E-state index contributed by atoms with van der Waals surface area (Å²) in [6.45, 7) is 1.68. The van der Waals surface area contributed by atoms with Gasteiger partial charge in [0.1, 0.15) is 11.3 Å². The highest BCUT2D eigenvalue weighted by atomic mass is 35.5. The molecule has 0 saturated heterocycles. The molecule has 1 atom stereocenters. The SMILES string of the molecule is CC(Cl)S(=O)(=O)c1ccccc1-c1ccc(CC(=O)OCc2ccccc2)cc1. The zero-order valence-corrected chi connectivity index (χ0v) is 17.5. The monoisotopic (exact) mass is 428 g/mol. The summed E-state index contributed by atoms with van der Waals surface area (Å²) >= 11 is 5.88. The topological polar surface area (TPSA) is 60.4 Å². The van der Waals surface area contributed by atoms with Gasteiger partial charge in [0.15, 0.2) is 9.84 Å².